The number of hydrogen-bond donors (Lipinski definition) is 1. The highest BCUT2D eigenvalue weighted by atomic mass is 16.5. The van der Waals surface area contributed by atoms with Gasteiger partial charge in [0.1, 0.15) is 0 Å². The molecule has 0 aromatic heterocycles. The van der Waals surface area contributed by atoms with Crippen LogP contribution in [0.25, 0.3) is 6.08 Å². The van der Waals surface area contributed by atoms with Crippen LogP contribution in [0.3, 0.4) is 0 Å². The predicted octanol–water partition coefficient (Wildman–Crippen LogP) is 2.90. The molecular weight excluding hydrogens is 233 g/mol. The van der Waals surface area contributed by atoms with E-state index in [0.717, 1.165) is 0 Å². The van der Waals surface area contributed by atoms with Crippen LogP contribution in [0.15, 0.2) is 24.3 Å². The zero-order valence-corrected chi connectivity index (χ0v) is 12.9. The van der Waals surface area contributed by atoms with Gasteiger partial charge in [-0.3, -0.25) is 0 Å². The normalized spacial score (nSPS) is 21.3. The van der Waals surface area contributed by atoms with E-state index in [-0.39, 0.29) is 18.2 Å². The minimum atomic E-state index is -0.173. The number of benzene rings is 1. The predicted molar refractivity (Wildman–Crippen MR) is 83.7 cm³/mol. The van der Waals surface area contributed by atoms with E-state index in [1.54, 1.807) is 0 Å². The van der Waals surface area contributed by atoms with Crippen molar-refractivity contribution >= 4 is 18.6 Å². The van der Waals surface area contributed by atoms with Crippen molar-refractivity contribution in [2.75, 3.05) is 0 Å². The number of rotatable bonds is 2. The Labute approximate surface area is 117 Å². The molecule has 1 N–H and O–H groups in total. The van der Waals surface area contributed by atoms with Gasteiger partial charge in [-0.2, -0.15) is 0 Å². The number of allylic oxidation sites excluding steroid dienone is 1. The molecule has 19 heavy (non-hydrogen) atoms. The zero-order chi connectivity index (χ0) is 14.3. The van der Waals surface area contributed by atoms with Crippen molar-refractivity contribution in [2.45, 2.75) is 52.7 Å². The third-order valence-electron chi connectivity index (χ3n) is 4.35. The first-order valence-electron chi connectivity index (χ1n) is 6.95. The summed E-state index contributed by atoms with van der Waals surface area (Å²) >= 11 is 0. The van der Waals surface area contributed by atoms with Gasteiger partial charge in [0.2, 0.25) is 0 Å². The molecule has 1 heterocycles. The molecule has 1 fully saturated rings. The fourth-order valence-corrected chi connectivity index (χ4v) is 2.35. The Balaban J connectivity index is 2.28. The van der Waals surface area contributed by atoms with Crippen LogP contribution in [0.4, 0.5) is 0 Å². The minimum Gasteiger partial charge on any atom is -0.411 e. The second-order valence-corrected chi connectivity index (χ2v) is 6.39. The summed E-state index contributed by atoms with van der Waals surface area (Å²) in [6, 6.07) is 6.52. The van der Waals surface area contributed by atoms with Crippen LogP contribution in [0.5, 0.6) is 0 Å². The average molecular weight is 257 g/mol. The molecule has 0 saturated carbocycles. The van der Waals surface area contributed by atoms with Crippen molar-refractivity contribution in [1.82, 2.24) is 5.23 Å². The molecule has 2 nitrogen and oxygen atoms in total. The first-order valence-corrected chi connectivity index (χ1v) is 6.95. The van der Waals surface area contributed by atoms with Crippen LogP contribution in [0.1, 0.15) is 45.7 Å². The highest BCUT2D eigenvalue weighted by Crippen LogP contribution is 2.31. The lowest BCUT2D eigenvalue weighted by atomic mass is 9.72. The highest BCUT2D eigenvalue weighted by molar-refractivity contribution is 6.66. The summed E-state index contributed by atoms with van der Waals surface area (Å²) in [5.74, 6) is 0. The molecule has 0 bridgehead atoms. The van der Waals surface area contributed by atoms with E-state index >= 15 is 0 Å². The summed E-state index contributed by atoms with van der Waals surface area (Å²) in [4.78, 5) is 0. The number of hydrogen-bond acceptors (Lipinski definition) is 2. The Kier molecular flexibility index (Phi) is 3.63. The number of aryl methyl sites for hydroxylation is 1. The van der Waals surface area contributed by atoms with Gasteiger partial charge >= 0.3 is 7.05 Å². The summed E-state index contributed by atoms with van der Waals surface area (Å²) in [5.41, 5.74) is 3.54. The van der Waals surface area contributed by atoms with E-state index in [4.69, 9.17) is 4.65 Å². The van der Waals surface area contributed by atoms with Crippen molar-refractivity contribution in [2.24, 2.45) is 0 Å². The Morgan fingerprint density at radius 2 is 1.89 bits per heavy atom. The van der Waals surface area contributed by atoms with Crippen molar-refractivity contribution in [3.63, 3.8) is 0 Å². The first kappa shape index (κ1) is 14.4. The van der Waals surface area contributed by atoms with Gasteiger partial charge in [-0.1, -0.05) is 30.4 Å². The topological polar surface area (TPSA) is 21.3 Å². The second kappa shape index (κ2) is 4.80. The molecule has 2 rings (SSSR count). The Morgan fingerprint density at radius 1 is 1.21 bits per heavy atom. The minimum absolute atomic E-state index is 0.0247. The molecule has 1 aromatic carbocycles. The molecule has 102 valence electrons. The molecular formula is C16H24BNO. The Bertz CT molecular complexity index is 489. The lowest BCUT2D eigenvalue weighted by molar-refractivity contribution is 0.0750. The second-order valence-electron chi connectivity index (χ2n) is 6.39. The van der Waals surface area contributed by atoms with Crippen LogP contribution in [-0.4, -0.2) is 18.2 Å². The van der Waals surface area contributed by atoms with Crippen LogP contribution in [0.2, 0.25) is 0 Å². The third kappa shape index (κ3) is 2.63. The molecule has 3 heteroatoms. The first-order chi connectivity index (χ1) is 8.77. The van der Waals surface area contributed by atoms with Gasteiger partial charge in [0, 0.05) is 5.54 Å². The fourth-order valence-electron chi connectivity index (χ4n) is 2.35. The smallest absolute Gasteiger partial charge is 0.411 e. The van der Waals surface area contributed by atoms with Gasteiger partial charge in [0.15, 0.2) is 0 Å². The summed E-state index contributed by atoms with van der Waals surface area (Å²) in [7, 11) is -0.0247. The van der Waals surface area contributed by atoms with E-state index in [2.05, 4.69) is 70.2 Å². The van der Waals surface area contributed by atoms with E-state index in [9.17, 15) is 0 Å². The summed E-state index contributed by atoms with van der Waals surface area (Å²) in [6.07, 6.45) is 4.20. The average Bonchev–Trinajstić information content (AvgIpc) is 2.51. The van der Waals surface area contributed by atoms with Crippen LogP contribution >= 0.6 is 0 Å². The summed E-state index contributed by atoms with van der Waals surface area (Å²) < 4.78 is 6.18. The fraction of sp³-hybridized carbons (Fsp3) is 0.500. The van der Waals surface area contributed by atoms with Crippen LogP contribution in [-0.2, 0) is 4.65 Å². The van der Waals surface area contributed by atoms with Gasteiger partial charge in [0.05, 0.1) is 5.60 Å². The Morgan fingerprint density at radius 3 is 2.37 bits per heavy atom. The summed E-state index contributed by atoms with van der Waals surface area (Å²) in [6.45, 7) is 12.8. The number of nitrogens with one attached hydrogen (secondary N) is 1. The van der Waals surface area contributed by atoms with Crippen LogP contribution in [0, 0.1) is 6.92 Å². The van der Waals surface area contributed by atoms with Crippen molar-refractivity contribution in [1.29, 1.82) is 0 Å². The molecule has 0 spiro atoms. The maximum atomic E-state index is 6.18. The lowest BCUT2D eigenvalue weighted by Crippen LogP contribution is -2.51. The van der Waals surface area contributed by atoms with Gasteiger partial charge in [-0.15, -0.1) is 0 Å². The van der Waals surface area contributed by atoms with E-state index in [1.807, 2.05) is 6.92 Å². The van der Waals surface area contributed by atoms with Gasteiger partial charge in [0.25, 0.3) is 0 Å². The van der Waals surface area contributed by atoms with Gasteiger partial charge < -0.3 is 9.88 Å². The lowest BCUT2D eigenvalue weighted by Gasteiger charge is -2.33. The molecule has 0 atom stereocenters. The van der Waals surface area contributed by atoms with E-state index in [1.165, 1.54) is 16.6 Å². The molecule has 1 saturated heterocycles. The maximum absolute atomic E-state index is 6.18. The SMILES string of the molecule is C/C=C\c1ccc(B2NC(C)(C)C(C)(C)O2)cc1C. The molecule has 0 radical (unpaired) electrons. The van der Waals surface area contributed by atoms with Crippen molar-refractivity contribution in [3.8, 4) is 0 Å². The van der Waals surface area contributed by atoms with E-state index < -0.39 is 0 Å². The zero-order valence-electron chi connectivity index (χ0n) is 12.9. The summed E-state index contributed by atoms with van der Waals surface area (Å²) in [5, 5.41) is 3.58. The molecule has 0 aliphatic carbocycles. The van der Waals surface area contributed by atoms with Crippen molar-refractivity contribution in [3.05, 3.63) is 35.4 Å². The molecule has 0 amide bonds. The molecule has 1 aromatic rings. The quantitative estimate of drug-likeness (QED) is 0.822. The van der Waals surface area contributed by atoms with Crippen LogP contribution < -0.4 is 10.7 Å². The van der Waals surface area contributed by atoms with Crippen molar-refractivity contribution < 1.29 is 4.65 Å². The largest absolute Gasteiger partial charge is 0.416 e. The Hall–Kier alpha value is -1.06. The van der Waals surface area contributed by atoms with E-state index in [0.29, 0.717) is 0 Å². The monoisotopic (exact) mass is 257 g/mol. The molecule has 1 aliphatic heterocycles. The van der Waals surface area contributed by atoms with Gasteiger partial charge in [-0.05, 0) is 58.1 Å². The van der Waals surface area contributed by atoms with Gasteiger partial charge in [-0.25, -0.2) is 0 Å². The molecule has 1 aliphatic rings. The highest BCUT2D eigenvalue weighted by Gasteiger charge is 2.49. The standard InChI is InChI=1S/C16H24BNO/c1-7-8-13-9-10-14(11-12(13)2)17-18-15(3,4)16(5,6)19-17/h7-11,18H,1-6H3/b8-7-. The maximum Gasteiger partial charge on any atom is 0.416 e. The third-order valence-corrected chi connectivity index (χ3v) is 4.35. The molecule has 0 unspecified atom stereocenters.